The first kappa shape index (κ1) is 17.5. The summed E-state index contributed by atoms with van der Waals surface area (Å²) in [4.78, 5) is 14.2. The average molecular weight is 292 g/mol. The molecule has 1 rings (SSSR count). The molecule has 1 aromatic rings. The molecule has 0 radical (unpaired) electrons. The quantitative estimate of drug-likeness (QED) is 0.785. The van der Waals surface area contributed by atoms with Crippen LogP contribution >= 0.6 is 0 Å². The molecule has 1 unspecified atom stereocenters. The van der Waals surface area contributed by atoms with Gasteiger partial charge in [0.2, 0.25) is 0 Å². The predicted molar refractivity (Wildman–Crippen MR) is 87.8 cm³/mol. The van der Waals surface area contributed by atoms with Crippen LogP contribution in [-0.4, -0.2) is 38.3 Å². The summed E-state index contributed by atoms with van der Waals surface area (Å²) in [7, 11) is 3.48. The first-order valence-electron chi connectivity index (χ1n) is 7.42. The number of nitrogens with one attached hydrogen (secondary N) is 1. The molecule has 1 atom stereocenters. The fourth-order valence-corrected chi connectivity index (χ4v) is 2.48. The van der Waals surface area contributed by atoms with Gasteiger partial charge in [-0.15, -0.1) is 0 Å². The minimum absolute atomic E-state index is 0.214. The number of nitrogens with zero attached hydrogens (tertiary/aromatic N) is 1. The molecule has 118 valence electrons. The molecule has 0 aliphatic heterocycles. The van der Waals surface area contributed by atoms with E-state index >= 15 is 0 Å². The average Bonchev–Trinajstić information content (AvgIpc) is 2.43. The third-order valence-corrected chi connectivity index (χ3v) is 3.63. The molecule has 1 N–H and O–H groups in total. The van der Waals surface area contributed by atoms with Crippen molar-refractivity contribution in [1.82, 2.24) is 5.32 Å². The SMILES string of the molecule is COC(=O)C(C)(CCN(C)c1cccc(C)c1)NC(C)C. The summed E-state index contributed by atoms with van der Waals surface area (Å²) in [6.07, 6.45) is 0.683. The molecule has 0 amide bonds. The van der Waals surface area contributed by atoms with Crippen LogP contribution in [0.5, 0.6) is 0 Å². The van der Waals surface area contributed by atoms with Gasteiger partial charge in [0.05, 0.1) is 7.11 Å². The van der Waals surface area contributed by atoms with E-state index in [1.807, 2.05) is 33.9 Å². The van der Waals surface area contributed by atoms with Gasteiger partial charge < -0.3 is 9.64 Å². The number of rotatable bonds is 7. The van der Waals surface area contributed by atoms with Crippen molar-refractivity contribution in [1.29, 1.82) is 0 Å². The molecular weight excluding hydrogens is 264 g/mol. The molecule has 4 heteroatoms. The maximum absolute atomic E-state index is 12.1. The maximum Gasteiger partial charge on any atom is 0.325 e. The van der Waals surface area contributed by atoms with Gasteiger partial charge >= 0.3 is 5.97 Å². The highest BCUT2D eigenvalue weighted by molar-refractivity contribution is 5.80. The molecule has 0 aromatic heterocycles. The lowest BCUT2D eigenvalue weighted by Gasteiger charge is -2.32. The molecular formula is C17H28N2O2. The number of hydrogen-bond acceptors (Lipinski definition) is 4. The molecule has 0 saturated heterocycles. The highest BCUT2D eigenvalue weighted by atomic mass is 16.5. The fourth-order valence-electron chi connectivity index (χ4n) is 2.48. The Kier molecular flexibility index (Phi) is 6.21. The monoisotopic (exact) mass is 292 g/mol. The second kappa shape index (κ2) is 7.46. The van der Waals surface area contributed by atoms with Crippen molar-refractivity contribution < 1.29 is 9.53 Å². The number of anilines is 1. The zero-order valence-electron chi connectivity index (χ0n) is 14.1. The summed E-state index contributed by atoms with van der Waals surface area (Å²) in [6, 6.07) is 8.57. The third-order valence-electron chi connectivity index (χ3n) is 3.63. The summed E-state index contributed by atoms with van der Waals surface area (Å²) >= 11 is 0. The molecule has 21 heavy (non-hydrogen) atoms. The van der Waals surface area contributed by atoms with Crippen LogP contribution in [0.15, 0.2) is 24.3 Å². The normalized spacial score (nSPS) is 13.9. The van der Waals surface area contributed by atoms with E-state index in [9.17, 15) is 4.79 Å². The smallest absolute Gasteiger partial charge is 0.325 e. The van der Waals surface area contributed by atoms with E-state index in [0.717, 1.165) is 12.2 Å². The first-order chi connectivity index (χ1) is 9.78. The van der Waals surface area contributed by atoms with Crippen molar-refractivity contribution in [3.8, 4) is 0 Å². The summed E-state index contributed by atoms with van der Waals surface area (Å²) in [6.45, 7) is 8.82. The van der Waals surface area contributed by atoms with E-state index in [1.54, 1.807) is 0 Å². The van der Waals surface area contributed by atoms with E-state index in [2.05, 4.69) is 35.3 Å². The lowest BCUT2D eigenvalue weighted by Crippen LogP contribution is -2.54. The van der Waals surface area contributed by atoms with E-state index in [1.165, 1.54) is 12.7 Å². The van der Waals surface area contributed by atoms with Gasteiger partial charge in [-0.2, -0.15) is 0 Å². The molecule has 0 bridgehead atoms. The number of carbonyl (C=O) groups excluding carboxylic acids is 1. The lowest BCUT2D eigenvalue weighted by atomic mass is 9.96. The molecule has 4 nitrogen and oxygen atoms in total. The first-order valence-corrected chi connectivity index (χ1v) is 7.42. The van der Waals surface area contributed by atoms with Crippen LogP contribution in [-0.2, 0) is 9.53 Å². The maximum atomic E-state index is 12.1. The van der Waals surface area contributed by atoms with Gasteiger partial charge in [-0.3, -0.25) is 10.1 Å². The summed E-state index contributed by atoms with van der Waals surface area (Å²) in [5, 5.41) is 3.32. The van der Waals surface area contributed by atoms with Gasteiger partial charge in [0.15, 0.2) is 0 Å². The number of hydrogen-bond donors (Lipinski definition) is 1. The van der Waals surface area contributed by atoms with Crippen molar-refractivity contribution in [3.63, 3.8) is 0 Å². The highest BCUT2D eigenvalue weighted by Gasteiger charge is 2.34. The minimum Gasteiger partial charge on any atom is -0.468 e. The predicted octanol–water partition coefficient (Wildman–Crippen LogP) is 2.75. The molecule has 1 aromatic carbocycles. The Hall–Kier alpha value is -1.55. The molecule has 0 spiro atoms. The Morgan fingerprint density at radius 2 is 2.10 bits per heavy atom. The minimum atomic E-state index is -0.666. The Morgan fingerprint density at radius 1 is 1.43 bits per heavy atom. The van der Waals surface area contributed by atoms with Gasteiger partial charge in [0.1, 0.15) is 5.54 Å². The Labute approximate surface area is 128 Å². The lowest BCUT2D eigenvalue weighted by molar-refractivity contribution is -0.148. The summed E-state index contributed by atoms with van der Waals surface area (Å²) < 4.78 is 4.95. The van der Waals surface area contributed by atoms with Crippen molar-refractivity contribution in [2.75, 3.05) is 25.6 Å². The molecule has 0 aliphatic carbocycles. The second-order valence-electron chi connectivity index (χ2n) is 6.13. The van der Waals surface area contributed by atoms with Gasteiger partial charge in [-0.25, -0.2) is 0 Å². The zero-order chi connectivity index (χ0) is 16.0. The largest absolute Gasteiger partial charge is 0.468 e. The number of methoxy groups -OCH3 is 1. The number of ether oxygens (including phenoxy) is 1. The topological polar surface area (TPSA) is 41.6 Å². The van der Waals surface area contributed by atoms with E-state index in [0.29, 0.717) is 6.42 Å². The van der Waals surface area contributed by atoms with Gasteiger partial charge in [0, 0.05) is 25.3 Å². The standard InChI is InChI=1S/C17H28N2O2/c1-13(2)18-17(4,16(20)21-6)10-11-19(5)15-9-7-8-14(3)12-15/h7-9,12-13,18H,10-11H2,1-6H3. The Balaban J connectivity index is 2.74. The molecule has 0 aliphatic rings. The number of aryl methyl sites for hydroxylation is 1. The van der Waals surface area contributed by atoms with Crippen molar-refractivity contribution in [2.45, 2.75) is 45.7 Å². The van der Waals surface area contributed by atoms with Crippen LogP contribution in [0, 0.1) is 6.92 Å². The molecule has 0 heterocycles. The van der Waals surface area contributed by atoms with Crippen LogP contribution in [0.3, 0.4) is 0 Å². The van der Waals surface area contributed by atoms with E-state index in [-0.39, 0.29) is 12.0 Å². The van der Waals surface area contributed by atoms with Gasteiger partial charge in [0.25, 0.3) is 0 Å². The van der Waals surface area contributed by atoms with Crippen LogP contribution in [0.2, 0.25) is 0 Å². The molecule has 0 fully saturated rings. The fraction of sp³-hybridized carbons (Fsp3) is 0.588. The van der Waals surface area contributed by atoms with Crippen LogP contribution in [0.1, 0.15) is 32.8 Å². The van der Waals surface area contributed by atoms with Crippen molar-refractivity contribution in [3.05, 3.63) is 29.8 Å². The van der Waals surface area contributed by atoms with Gasteiger partial charge in [-0.1, -0.05) is 12.1 Å². The van der Waals surface area contributed by atoms with Gasteiger partial charge in [-0.05, 0) is 51.8 Å². The number of benzene rings is 1. The van der Waals surface area contributed by atoms with Crippen molar-refractivity contribution in [2.24, 2.45) is 0 Å². The Bertz CT molecular complexity index is 474. The second-order valence-corrected chi connectivity index (χ2v) is 6.13. The summed E-state index contributed by atoms with van der Waals surface area (Å²) in [5.41, 5.74) is 1.73. The Morgan fingerprint density at radius 3 is 2.62 bits per heavy atom. The zero-order valence-corrected chi connectivity index (χ0v) is 14.1. The van der Waals surface area contributed by atoms with Crippen LogP contribution in [0.25, 0.3) is 0 Å². The van der Waals surface area contributed by atoms with Crippen LogP contribution < -0.4 is 10.2 Å². The number of carbonyl (C=O) groups is 1. The third kappa shape index (κ3) is 5.05. The number of esters is 1. The molecule has 0 saturated carbocycles. The summed E-state index contributed by atoms with van der Waals surface area (Å²) in [5.74, 6) is -0.214. The van der Waals surface area contributed by atoms with Crippen LogP contribution in [0.4, 0.5) is 5.69 Å². The highest BCUT2D eigenvalue weighted by Crippen LogP contribution is 2.18. The van der Waals surface area contributed by atoms with Crippen molar-refractivity contribution >= 4 is 11.7 Å². The van der Waals surface area contributed by atoms with E-state index in [4.69, 9.17) is 4.74 Å². The van der Waals surface area contributed by atoms with E-state index < -0.39 is 5.54 Å².